The number of aromatic hydroxyl groups is 1. The second kappa shape index (κ2) is 7.84. The van der Waals surface area contributed by atoms with Gasteiger partial charge in [0.15, 0.2) is 0 Å². The fourth-order valence-corrected chi connectivity index (χ4v) is 2.46. The van der Waals surface area contributed by atoms with Crippen molar-refractivity contribution >= 4 is 0 Å². The van der Waals surface area contributed by atoms with Crippen molar-refractivity contribution in [3.05, 3.63) is 28.8 Å². The van der Waals surface area contributed by atoms with Crippen LogP contribution < -0.4 is 0 Å². The van der Waals surface area contributed by atoms with Crippen LogP contribution in [-0.2, 0) is 16.8 Å². The average molecular weight is 292 g/mol. The molecule has 0 amide bonds. The Kier molecular flexibility index (Phi) is 6.73. The maximum absolute atomic E-state index is 10.2. The largest absolute Gasteiger partial charge is 0.507 e. The molecule has 120 valence electrons. The van der Waals surface area contributed by atoms with Gasteiger partial charge in [-0.05, 0) is 47.4 Å². The molecule has 0 atom stereocenters. The number of rotatable bonds is 7. The molecule has 1 aromatic rings. The predicted molar refractivity (Wildman–Crippen MR) is 89.9 cm³/mol. The van der Waals surface area contributed by atoms with Gasteiger partial charge in [0.25, 0.3) is 0 Å². The normalized spacial score (nSPS) is 12.1. The Morgan fingerprint density at radius 3 is 2.38 bits per heavy atom. The second-order valence-corrected chi connectivity index (χ2v) is 7.50. The van der Waals surface area contributed by atoms with Crippen LogP contribution in [0.15, 0.2) is 12.1 Å². The molecule has 0 spiro atoms. The van der Waals surface area contributed by atoms with Crippen molar-refractivity contribution in [1.29, 1.82) is 0 Å². The van der Waals surface area contributed by atoms with Crippen LogP contribution in [0.2, 0.25) is 0 Å². The molecule has 0 bridgehead atoms. The van der Waals surface area contributed by atoms with Gasteiger partial charge in [0.2, 0.25) is 0 Å². The van der Waals surface area contributed by atoms with E-state index in [-0.39, 0.29) is 5.41 Å². The maximum Gasteiger partial charge on any atom is 0.122 e. The molecule has 21 heavy (non-hydrogen) atoms. The van der Waals surface area contributed by atoms with E-state index in [0.29, 0.717) is 12.4 Å². The molecule has 0 heterocycles. The third-order valence-electron chi connectivity index (χ3n) is 3.76. The molecule has 0 aliphatic rings. The summed E-state index contributed by atoms with van der Waals surface area (Å²) in [5, 5.41) is 10.2. The number of phenols is 1. The van der Waals surface area contributed by atoms with E-state index in [4.69, 9.17) is 4.74 Å². The maximum atomic E-state index is 10.2. The molecule has 2 nitrogen and oxygen atoms in total. The molecule has 0 unspecified atom stereocenters. The lowest BCUT2D eigenvalue weighted by atomic mass is 9.84. The smallest absolute Gasteiger partial charge is 0.122 e. The first kappa shape index (κ1) is 18.0. The number of aryl methyl sites for hydroxylation is 1. The van der Waals surface area contributed by atoms with Gasteiger partial charge in [-0.15, -0.1) is 0 Å². The lowest BCUT2D eigenvalue weighted by Crippen LogP contribution is -2.12. The molecule has 1 aromatic carbocycles. The highest BCUT2D eigenvalue weighted by Crippen LogP contribution is 2.34. The van der Waals surface area contributed by atoms with Crippen LogP contribution >= 0.6 is 0 Å². The molecule has 1 N–H and O–H groups in total. The summed E-state index contributed by atoms with van der Waals surface area (Å²) in [6.07, 6.45) is 3.64. The van der Waals surface area contributed by atoms with Gasteiger partial charge < -0.3 is 9.84 Å². The fourth-order valence-electron chi connectivity index (χ4n) is 2.46. The first-order chi connectivity index (χ1) is 9.71. The minimum atomic E-state index is -0.0535. The zero-order chi connectivity index (χ0) is 16.0. The number of hydrogen-bond acceptors (Lipinski definition) is 2. The fraction of sp³-hybridized carbons (Fsp3) is 0.684. The monoisotopic (exact) mass is 292 g/mol. The molecular formula is C19H32O2. The van der Waals surface area contributed by atoms with E-state index in [0.717, 1.165) is 35.6 Å². The van der Waals surface area contributed by atoms with E-state index in [2.05, 4.69) is 40.7 Å². The van der Waals surface area contributed by atoms with Crippen LogP contribution in [0.3, 0.4) is 0 Å². The van der Waals surface area contributed by atoms with E-state index in [1.807, 2.05) is 13.0 Å². The summed E-state index contributed by atoms with van der Waals surface area (Å²) in [5.74, 6) is 1.20. The summed E-state index contributed by atoms with van der Waals surface area (Å²) in [5.41, 5.74) is 3.03. The number of benzene rings is 1. The van der Waals surface area contributed by atoms with Crippen LogP contribution in [0.5, 0.6) is 5.75 Å². The average Bonchev–Trinajstić information content (AvgIpc) is 2.35. The summed E-state index contributed by atoms with van der Waals surface area (Å²) in [6.45, 7) is 14.3. The molecule has 0 saturated carbocycles. The molecule has 1 rings (SSSR count). The summed E-state index contributed by atoms with van der Waals surface area (Å²) < 4.78 is 5.78. The molecule has 0 aromatic heterocycles. The predicted octanol–water partition coefficient (Wildman–Crippen LogP) is 5.34. The molecule has 0 radical (unpaired) electrons. The van der Waals surface area contributed by atoms with Gasteiger partial charge in [-0.2, -0.15) is 0 Å². The third-order valence-corrected chi connectivity index (χ3v) is 3.76. The lowest BCUT2D eigenvalue weighted by Gasteiger charge is -2.22. The van der Waals surface area contributed by atoms with Gasteiger partial charge in [-0.1, -0.05) is 53.5 Å². The van der Waals surface area contributed by atoms with E-state index >= 15 is 0 Å². The SMILES string of the molecule is Cc1cc(COCCCCC(C)C)cc(C(C)(C)C)c1O. The zero-order valence-corrected chi connectivity index (χ0v) is 14.6. The molecule has 2 heteroatoms. The van der Waals surface area contributed by atoms with Gasteiger partial charge in [0.1, 0.15) is 5.75 Å². The number of ether oxygens (including phenoxy) is 1. The quantitative estimate of drug-likeness (QED) is 0.687. The number of hydrogen-bond donors (Lipinski definition) is 1. The van der Waals surface area contributed by atoms with E-state index < -0.39 is 0 Å². The van der Waals surface area contributed by atoms with E-state index in [1.165, 1.54) is 12.8 Å². The Bertz CT molecular complexity index is 442. The highest BCUT2D eigenvalue weighted by Gasteiger charge is 2.20. The van der Waals surface area contributed by atoms with Crippen molar-refractivity contribution in [1.82, 2.24) is 0 Å². The van der Waals surface area contributed by atoms with Crippen molar-refractivity contribution in [2.75, 3.05) is 6.61 Å². The second-order valence-electron chi connectivity index (χ2n) is 7.50. The first-order valence-electron chi connectivity index (χ1n) is 8.12. The third kappa shape index (κ3) is 6.09. The zero-order valence-electron chi connectivity index (χ0n) is 14.6. The summed E-state index contributed by atoms with van der Waals surface area (Å²) in [4.78, 5) is 0. The van der Waals surface area contributed by atoms with Gasteiger partial charge in [-0.25, -0.2) is 0 Å². The molecule has 0 aliphatic heterocycles. The summed E-state index contributed by atoms with van der Waals surface area (Å²) >= 11 is 0. The summed E-state index contributed by atoms with van der Waals surface area (Å²) in [6, 6.07) is 4.11. The molecule has 0 fully saturated rings. The Balaban J connectivity index is 2.55. The summed E-state index contributed by atoms with van der Waals surface area (Å²) in [7, 11) is 0. The van der Waals surface area contributed by atoms with Crippen molar-refractivity contribution in [2.24, 2.45) is 5.92 Å². The van der Waals surface area contributed by atoms with Crippen molar-refractivity contribution in [3.63, 3.8) is 0 Å². The van der Waals surface area contributed by atoms with E-state index in [9.17, 15) is 5.11 Å². The van der Waals surface area contributed by atoms with Gasteiger partial charge in [0, 0.05) is 6.61 Å². The minimum absolute atomic E-state index is 0.0535. The van der Waals surface area contributed by atoms with E-state index in [1.54, 1.807) is 0 Å². The van der Waals surface area contributed by atoms with Crippen LogP contribution in [0, 0.1) is 12.8 Å². The van der Waals surface area contributed by atoms with Crippen LogP contribution in [0.25, 0.3) is 0 Å². The standard InChI is InChI=1S/C19H32O2/c1-14(2)9-7-8-10-21-13-16-11-15(3)18(20)17(12-16)19(4,5)6/h11-12,14,20H,7-10,13H2,1-6H3. The van der Waals surface area contributed by atoms with Crippen LogP contribution in [-0.4, -0.2) is 11.7 Å². The molecule has 0 aliphatic carbocycles. The van der Waals surface area contributed by atoms with Crippen molar-refractivity contribution < 1.29 is 9.84 Å². The van der Waals surface area contributed by atoms with Crippen LogP contribution in [0.4, 0.5) is 0 Å². The minimum Gasteiger partial charge on any atom is -0.507 e. The number of unbranched alkanes of at least 4 members (excludes halogenated alkanes) is 1. The Hall–Kier alpha value is -1.02. The highest BCUT2D eigenvalue weighted by molar-refractivity contribution is 5.46. The molecular weight excluding hydrogens is 260 g/mol. The Morgan fingerprint density at radius 1 is 1.14 bits per heavy atom. The highest BCUT2D eigenvalue weighted by atomic mass is 16.5. The van der Waals surface area contributed by atoms with Crippen molar-refractivity contribution in [3.8, 4) is 5.75 Å². The Morgan fingerprint density at radius 2 is 1.81 bits per heavy atom. The van der Waals surface area contributed by atoms with Gasteiger partial charge >= 0.3 is 0 Å². The first-order valence-corrected chi connectivity index (χ1v) is 8.12. The lowest BCUT2D eigenvalue weighted by molar-refractivity contribution is 0.116. The van der Waals surface area contributed by atoms with Crippen LogP contribution in [0.1, 0.15) is 70.6 Å². The topological polar surface area (TPSA) is 29.5 Å². The van der Waals surface area contributed by atoms with Gasteiger partial charge in [0.05, 0.1) is 6.61 Å². The van der Waals surface area contributed by atoms with Crippen molar-refractivity contribution in [2.45, 2.75) is 72.8 Å². The van der Waals surface area contributed by atoms with Gasteiger partial charge in [-0.3, -0.25) is 0 Å². The Labute approximate surface area is 130 Å². The molecule has 0 saturated heterocycles. The number of phenolic OH excluding ortho intramolecular Hbond substituents is 1.